The number of para-hydroxylation sites is 2. The van der Waals surface area contributed by atoms with Crippen LogP contribution in [0.3, 0.4) is 0 Å². The van der Waals surface area contributed by atoms with Crippen molar-refractivity contribution in [1.29, 1.82) is 5.26 Å². The van der Waals surface area contributed by atoms with E-state index in [0.717, 1.165) is 5.56 Å². The van der Waals surface area contributed by atoms with E-state index in [4.69, 9.17) is 5.26 Å². The Morgan fingerprint density at radius 2 is 1.75 bits per heavy atom. The van der Waals surface area contributed by atoms with Gasteiger partial charge in [0, 0.05) is 13.1 Å². The number of carbonyl (C=O) groups is 1. The second-order valence-electron chi connectivity index (χ2n) is 7.36. The first kappa shape index (κ1) is 20.9. The maximum Gasteiger partial charge on any atom is 0.269 e. The molecule has 1 aromatic heterocycles. The van der Waals surface area contributed by atoms with Crippen molar-refractivity contribution >= 4 is 16.9 Å². The van der Waals surface area contributed by atoms with Crippen molar-refractivity contribution in [3.8, 4) is 6.07 Å². The van der Waals surface area contributed by atoms with Crippen LogP contribution in [0.25, 0.3) is 11.0 Å². The van der Waals surface area contributed by atoms with Gasteiger partial charge in [-0.1, -0.05) is 36.4 Å². The Morgan fingerprint density at radius 3 is 2.50 bits per heavy atom. The summed E-state index contributed by atoms with van der Waals surface area (Å²) in [5.41, 5.74) is 2.79. The molecule has 0 aliphatic heterocycles. The number of benzene rings is 3. The largest absolute Gasteiger partial charge is 0.332 e. The van der Waals surface area contributed by atoms with Gasteiger partial charge in [0.25, 0.3) is 5.56 Å². The summed E-state index contributed by atoms with van der Waals surface area (Å²) < 4.78 is 15.1. The van der Waals surface area contributed by atoms with Gasteiger partial charge >= 0.3 is 0 Å². The van der Waals surface area contributed by atoms with Crippen molar-refractivity contribution in [1.82, 2.24) is 14.5 Å². The van der Waals surface area contributed by atoms with Crippen LogP contribution in [0.15, 0.2) is 83.8 Å². The number of halogens is 1. The van der Waals surface area contributed by atoms with E-state index < -0.39 is 0 Å². The summed E-state index contributed by atoms with van der Waals surface area (Å²) in [5.74, 6) is -0.679. The molecule has 0 radical (unpaired) electrons. The van der Waals surface area contributed by atoms with Crippen molar-refractivity contribution in [2.45, 2.75) is 19.6 Å². The van der Waals surface area contributed by atoms with E-state index in [-0.39, 0.29) is 36.9 Å². The minimum absolute atomic E-state index is 0.173. The number of amides is 1. The zero-order chi connectivity index (χ0) is 22.5. The fourth-order valence-corrected chi connectivity index (χ4v) is 3.51. The molecule has 0 saturated heterocycles. The number of carbonyl (C=O) groups excluding carboxylic acids is 1. The number of rotatable bonds is 6. The van der Waals surface area contributed by atoms with Gasteiger partial charge in [-0.15, -0.1) is 0 Å². The SMILES string of the molecule is N#Cc1ccc(CN(Cc2cccc(F)c2)C(=O)Cn2c(=O)cnc3ccccc32)cc1. The number of nitriles is 1. The van der Waals surface area contributed by atoms with Gasteiger partial charge < -0.3 is 4.90 Å². The monoisotopic (exact) mass is 426 g/mol. The molecule has 0 aliphatic carbocycles. The van der Waals surface area contributed by atoms with E-state index in [9.17, 15) is 14.0 Å². The number of fused-ring (bicyclic) bond motifs is 1. The van der Waals surface area contributed by atoms with Gasteiger partial charge in [0.1, 0.15) is 12.4 Å². The quantitative estimate of drug-likeness (QED) is 0.472. The van der Waals surface area contributed by atoms with Crippen LogP contribution in [-0.2, 0) is 24.4 Å². The number of hydrogen-bond acceptors (Lipinski definition) is 4. The standard InChI is InChI=1S/C25H19FN4O2/c26-21-5-3-4-20(12-21)16-29(15-19-10-8-18(13-27)9-11-19)25(32)17-30-23-7-2-1-6-22(23)28-14-24(30)31/h1-12,14H,15-17H2. The summed E-state index contributed by atoms with van der Waals surface area (Å²) in [4.78, 5) is 31.5. The highest BCUT2D eigenvalue weighted by Crippen LogP contribution is 2.15. The predicted octanol–water partition coefficient (Wildman–Crippen LogP) is 3.64. The van der Waals surface area contributed by atoms with Crippen LogP contribution < -0.4 is 5.56 Å². The summed E-state index contributed by atoms with van der Waals surface area (Å²) in [5, 5.41) is 9.01. The normalized spacial score (nSPS) is 10.6. The third kappa shape index (κ3) is 4.71. The van der Waals surface area contributed by atoms with Crippen molar-refractivity contribution in [2.24, 2.45) is 0 Å². The van der Waals surface area contributed by atoms with E-state index >= 15 is 0 Å². The first-order valence-electron chi connectivity index (χ1n) is 9.99. The van der Waals surface area contributed by atoms with Crippen LogP contribution in [-0.4, -0.2) is 20.4 Å². The van der Waals surface area contributed by atoms with E-state index in [0.29, 0.717) is 22.2 Å². The van der Waals surface area contributed by atoms with Crippen LogP contribution in [0, 0.1) is 17.1 Å². The average Bonchev–Trinajstić information content (AvgIpc) is 2.81. The third-order valence-electron chi connectivity index (χ3n) is 5.12. The Hall–Kier alpha value is -4.31. The zero-order valence-corrected chi connectivity index (χ0v) is 17.1. The van der Waals surface area contributed by atoms with Crippen LogP contribution in [0.2, 0.25) is 0 Å². The second-order valence-corrected chi connectivity index (χ2v) is 7.36. The maximum absolute atomic E-state index is 13.7. The Morgan fingerprint density at radius 1 is 1.00 bits per heavy atom. The van der Waals surface area contributed by atoms with E-state index in [1.165, 1.54) is 22.9 Å². The van der Waals surface area contributed by atoms with Gasteiger partial charge in [0.15, 0.2) is 0 Å². The fourth-order valence-electron chi connectivity index (χ4n) is 3.51. The summed E-state index contributed by atoms with van der Waals surface area (Å²) >= 11 is 0. The molecule has 7 heteroatoms. The molecule has 1 amide bonds. The highest BCUT2D eigenvalue weighted by Gasteiger charge is 2.18. The molecule has 0 fully saturated rings. The molecule has 0 bridgehead atoms. The van der Waals surface area contributed by atoms with Crippen LogP contribution in [0.4, 0.5) is 4.39 Å². The topological polar surface area (TPSA) is 79.0 Å². The molecule has 32 heavy (non-hydrogen) atoms. The molecule has 0 aliphatic rings. The Labute approximate surface area is 183 Å². The van der Waals surface area contributed by atoms with Crippen molar-refractivity contribution in [2.75, 3.05) is 0 Å². The molecule has 0 N–H and O–H groups in total. The minimum Gasteiger partial charge on any atom is -0.332 e. The molecule has 4 aromatic rings. The highest BCUT2D eigenvalue weighted by atomic mass is 19.1. The minimum atomic E-state index is -0.385. The molecule has 6 nitrogen and oxygen atoms in total. The molecule has 4 rings (SSSR count). The van der Waals surface area contributed by atoms with E-state index in [2.05, 4.69) is 11.1 Å². The Kier molecular flexibility index (Phi) is 6.04. The van der Waals surface area contributed by atoms with Crippen molar-refractivity contribution in [3.05, 3.63) is 112 Å². The van der Waals surface area contributed by atoms with Gasteiger partial charge in [0.2, 0.25) is 5.91 Å². The molecule has 1 heterocycles. The summed E-state index contributed by atoms with van der Waals surface area (Å²) in [6.07, 6.45) is 1.20. The Balaban J connectivity index is 1.65. The highest BCUT2D eigenvalue weighted by molar-refractivity contribution is 5.80. The number of aromatic nitrogens is 2. The van der Waals surface area contributed by atoms with Gasteiger partial charge in [-0.2, -0.15) is 5.26 Å². The maximum atomic E-state index is 13.7. The molecular weight excluding hydrogens is 407 g/mol. The molecule has 0 spiro atoms. The van der Waals surface area contributed by atoms with Crippen LogP contribution in [0.1, 0.15) is 16.7 Å². The second kappa shape index (κ2) is 9.23. The smallest absolute Gasteiger partial charge is 0.269 e. The van der Waals surface area contributed by atoms with Gasteiger partial charge in [0.05, 0.1) is 28.9 Å². The van der Waals surface area contributed by atoms with Crippen LogP contribution in [0.5, 0.6) is 0 Å². The lowest BCUT2D eigenvalue weighted by molar-refractivity contribution is -0.133. The number of hydrogen-bond donors (Lipinski definition) is 0. The predicted molar refractivity (Wildman–Crippen MR) is 118 cm³/mol. The summed E-state index contributed by atoms with van der Waals surface area (Å²) in [7, 11) is 0. The molecule has 3 aromatic carbocycles. The average molecular weight is 426 g/mol. The van der Waals surface area contributed by atoms with Crippen molar-refractivity contribution in [3.63, 3.8) is 0 Å². The van der Waals surface area contributed by atoms with E-state index in [1.807, 2.05) is 6.07 Å². The van der Waals surface area contributed by atoms with Gasteiger partial charge in [-0.25, -0.2) is 9.37 Å². The molecule has 0 unspecified atom stereocenters. The number of nitrogens with zero attached hydrogens (tertiary/aromatic N) is 4. The molecule has 158 valence electrons. The van der Waals surface area contributed by atoms with Gasteiger partial charge in [-0.05, 0) is 47.5 Å². The lowest BCUT2D eigenvalue weighted by Crippen LogP contribution is -2.36. The molecular formula is C25H19FN4O2. The van der Waals surface area contributed by atoms with Crippen molar-refractivity contribution < 1.29 is 9.18 Å². The Bertz CT molecular complexity index is 1370. The lowest BCUT2D eigenvalue weighted by Gasteiger charge is -2.24. The fraction of sp³-hybridized carbons (Fsp3) is 0.120. The van der Waals surface area contributed by atoms with E-state index in [1.54, 1.807) is 59.5 Å². The first-order valence-corrected chi connectivity index (χ1v) is 9.99. The lowest BCUT2D eigenvalue weighted by atomic mass is 10.1. The summed E-state index contributed by atoms with van der Waals surface area (Å²) in [6.45, 7) is 0.251. The zero-order valence-electron chi connectivity index (χ0n) is 17.1. The molecule has 0 atom stereocenters. The third-order valence-corrected chi connectivity index (χ3v) is 5.12. The van der Waals surface area contributed by atoms with Crippen LogP contribution >= 0.6 is 0 Å². The first-order chi connectivity index (χ1) is 15.5. The molecule has 0 saturated carbocycles. The summed E-state index contributed by atoms with van der Waals surface area (Å²) in [6, 6.07) is 22.2. The van der Waals surface area contributed by atoms with Gasteiger partial charge in [-0.3, -0.25) is 14.2 Å².